The van der Waals surface area contributed by atoms with Gasteiger partial charge in [-0.15, -0.1) is 0 Å². The molecule has 1 N–H and O–H groups in total. The molecule has 3 nitrogen and oxygen atoms in total. The molecule has 1 aliphatic heterocycles. The van der Waals surface area contributed by atoms with E-state index in [4.69, 9.17) is 0 Å². The van der Waals surface area contributed by atoms with Crippen LogP contribution in [0.2, 0.25) is 0 Å². The number of benzene rings is 1. The van der Waals surface area contributed by atoms with Crippen molar-refractivity contribution in [2.24, 2.45) is 0 Å². The van der Waals surface area contributed by atoms with Crippen LogP contribution in [0.15, 0.2) is 33.3 Å². The fourth-order valence-electron chi connectivity index (χ4n) is 2.80. The monoisotopic (exact) mass is 410 g/mol. The maximum Gasteiger partial charge on any atom is 0.236 e. The van der Waals surface area contributed by atoms with E-state index >= 15 is 0 Å². The molecule has 1 aromatic heterocycles. The Morgan fingerprint density at radius 3 is 2.95 bits per heavy atom. The van der Waals surface area contributed by atoms with Crippen LogP contribution in [0.1, 0.15) is 27.2 Å². The highest BCUT2D eigenvalue weighted by atomic mass is 79.9. The molecule has 0 amide bonds. The number of carbonyl (C=O) groups excluding carboxylic acids is 1. The van der Waals surface area contributed by atoms with E-state index in [1.54, 1.807) is 0 Å². The lowest BCUT2D eigenvalue weighted by molar-refractivity contribution is 0.0908. The largest absolute Gasteiger partial charge is 0.312 e. The van der Waals surface area contributed by atoms with Crippen molar-refractivity contribution in [2.75, 3.05) is 6.54 Å². The Bertz CT molecular complexity index is 707. The number of nitrogens with zero attached hydrogens (tertiary/aromatic N) is 1. The summed E-state index contributed by atoms with van der Waals surface area (Å²) < 4.78 is 3.64. The Kier molecular flexibility index (Phi) is 4.33. The number of hydrogen-bond donors (Lipinski definition) is 1. The van der Waals surface area contributed by atoms with Gasteiger partial charge >= 0.3 is 0 Å². The lowest BCUT2D eigenvalue weighted by Gasteiger charge is -2.16. The van der Waals surface area contributed by atoms with Crippen molar-refractivity contribution in [3.05, 3.63) is 55.7 Å². The molecule has 2 heterocycles. The van der Waals surface area contributed by atoms with Crippen molar-refractivity contribution in [1.82, 2.24) is 9.88 Å². The van der Waals surface area contributed by atoms with E-state index in [0.29, 0.717) is 6.42 Å². The van der Waals surface area contributed by atoms with Gasteiger partial charge < -0.3 is 5.32 Å². The van der Waals surface area contributed by atoms with Crippen molar-refractivity contribution < 1.29 is 4.79 Å². The highest BCUT2D eigenvalue weighted by Crippen LogP contribution is 2.34. The summed E-state index contributed by atoms with van der Waals surface area (Å²) in [6.45, 7) is 3.76. The second kappa shape index (κ2) is 6.07. The summed E-state index contributed by atoms with van der Waals surface area (Å²) in [4.78, 5) is 12.7. The van der Waals surface area contributed by atoms with Gasteiger partial charge in [0.05, 0.1) is 10.9 Å². The summed E-state index contributed by atoms with van der Waals surface area (Å²) in [5.41, 5.74) is 4.54. The van der Waals surface area contributed by atoms with Gasteiger partial charge in [-0.2, -0.15) is 0 Å². The smallest absolute Gasteiger partial charge is 0.236 e. The average molecular weight is 412 g/mol. The number of hydrogen-bond acceptors (Lipinski definition) is 2. The molecule has 0 aliphatic carbocycles. The molecule has 5 heteroatoms. The first kappa shape index (κ1) is 15.0. The first-order valence-corrected chi connectivity index (χ1v) is 8.53. The van der Waals surface area contributed by atoms with E-state index in [1.165, 1.54) is 11.1 Å². The summed E-state index contributed by atoms with van der Waals surface area (Å²) in [5.74, 6) is 0.108. The lowest BCUT2D eigenvalue weighted by Crippen LogP contribution is -2.27. The van der Waals surface area contributed by atoms with Crippen LogP contribution in [0.4, 0.5) is 0 Å². The highest BCUT2D eigenvalue weighted by Gasteiger charge is 2.25. The number of rotatable bonds is 2. The zero-order chi connectivity index (χ0) is 15.0. The van der Waals surface area contributed by atoms with Crippen molar-refractivity contribution in [3.63, 3.8) is 0 Å². The molecule has 2 aromatic rings. The molecule has 0 fully saturated rings. The van der Waals surface area contributed by atoms with E-state index in [2.05, 4.69) is 43.2 Å². The predicted molar refractivity (Wildman–Crippen MR) is 90.8 cm³/mol. The second-order valence-electron chi connectivity index (χ2n) is 5.35. The molecule has 0 atom stereocenters. The maximum absolute atomic E-state index is 12.7. The average Bonchev–Trinajstić information content (AvgIpc) is 2.71. The second-order valence-corrected chi connectivity index (χ2v) is 6.90. The van der Waals surface area contributed by atoms with Crippen molar-refractivity contribution in [2.45, 2.75) is 26.3 Å². The maximum atomic E-state index is 12.7. The topological polar surface area (TPSA) is 34.0 Å². The van der Waals surface area contributed by atoms with Gasteiger partial charge in [0, 0.05) is 30.8 Å². The van der Waals surface area contributed by atoms with Crippen LogP contribution < -0.4 is 5.32 Å². The molecular weight excluding hydrogens is 396 g/mol. The number of nitrogens with one attached hydrogen (secondary N) is 1. The van der Waals surface area contributed by atoms with Gasteiger partial charge in [-0.05, 0) is 44.3 Å². The molecule has 0 radical (unpaired) electrons. The molecule has 1 aromatic carbocycles. The number of aryl methyl sites for hydroxylation is 1. The molecule has 0 saturated carbocycles. The summed E-state index contributed by atoms with van der Waals surface area (Å²) in [7, 11) is 0. The minimum atomic E-state index is 0.108. The SMILES string of the molecule is Cc1cccc(CC(=O)n2c(Br)c(Br)c3c2CCNC3)c1. The lowest BCUT2D eigenvalue weighted by atomic mass is 10.1. The molecule has 110 valence electrons. The Balaban J connectivity index is 1.95. The van der Waals surface area contributed by atoms with E-state index in [0.717, 1.165) is 39.8 Å². The third-order valence-electron chi connectivity index (χ3n) is 3.79. The first-order chi connectivity index (χ1) is 10.1. The molecule has 0 spiro atoms. The van der Waals surface area contributed by atoms with Crippen LogP contribution in [0.25, 0.3) is 0 Å². The Morgan fingerprint density at radius 2 is 2.19 bits per heavy atom. The van der Waals surface area contributed by atoms with Crippen molar-refractivity contribution in [1.29, 1.82) is 0 Å². The fraction of sp³-hybridized carbons (Fsp3) is 0.312. The zero-order valence-corrected chi connectivity index (χ0v) is 14.9. The summed E-state index contributed by atoms with van der Waals surface area (Å²) in [5, 5.41) is 3.34. The van der Waals surface area contributed by atoms with Crippen LogP contribution in [0.3, 0.4) is 0 Å². The van der Waals surface area contributed by atoms with Gasteiger partial charge in [0.1, 0.15) is 4.60 Å². The predicted octanol–water partition coefficient (Wildman–Crippen LogP) is 3.85. The molecular formula is C16H16Br2N2O. The van der Waals surface area contributed by atoms with Crippen molar-refractivity contribution in [3.8, 4) is 0 Å². The van der Waals surface area contributed by atoms with E-state index in [9.17, 15) is 4.79 Å². The van der Waals surface area contributed by atoms with Crippen LogP contribution in [-0.2, 0) is 19.4 Å². The molecule has 3 rings (SSSR count). The standard InChI is InChI=1S/C16H16Br2N2O/c1-10-3-2-4-11(7-10)8-14(21)20-13-5-6-19-9-12(13)15(17)16(20)18/h2-4,7,19H,5-6,8-9H2,1H3. The first-order valence-electron chi connectivity index (χ1n) is 6.95. The minimum absolute atomic E-state index is 0.108. The van der Waals surface area contributed by atoms with Crippen LogP contribution in [-0.4, -0.2) is 17.0 Å². The quantitative estimate of drug-likeness (QED) is 0.814. The third-order valence-corrected chi connectivity index (χ3v) is 5.93. The number of fused-ring (bicyclic) bond motifs is 1. The normalized spacial score (nSPS) is 14.0. The Hall–Kier alpha value is -0.910. The van der Waals surface area contributed by atoms with Gasteiger partial charge in [-0.25, -0.2) is 0 Å². The van der Waals surface area contributed by atoms with Gasteiger partial charge in [0.15, 0.2) is 0 Å². The van der Waals surface area contributed by atoms with Crippen LogP contribution in [0, 0.1) is 6.92 Å². The van der Waals surface area contributed by atoms with E-state index in [1.807, 2.05) is 29.7 Å². The van der Waals surface area contributed by atoms with Gasteiger partial charge in [-0.1, -0.05) is 29.8 Å². The Labute approximate surface area is 141 Å². The van der Waals surface area contributed by atoms with E-state index in [-0.39, 0.29) is 5.91 Å². The van der Waals surface area contributed by atoms with Gasteiger partial charge in [0.25, 0.3) is 0 Å². The number of aromatic nitrogens is 1. The highest BCUT2D eigenvalue weighted by molar-refractivity contribution is 9.13. The van der Waals surface area contributed by atoms with E-state index < -0.39 is 0 Å². The molecule has 0 bridgehead atoms. The summed E-state index contributed by atoms with van der Waals surface area (Å²) in [6.07, 6.45) is 1.29. The summed E-state index contributed by atoms with van der Waals surface area (Å²) >= 11 is 7.15. The fourth-order valence-corrected chi connectivity index (χ4v) is 4.00. The molecule has 0 unspecified atom stereocenters. The Morgan fingerprint density at radius 1 is 1.38 bits per heavy atom. The van der Waals surface area contributed by atoms with Gasteiger partial charge in [-0.3, -0.25) is 9.36 Å². The van der Waals surface area contributed by atoms with Crippen molar-refractivity contribution >= 4 is 37.8 Å². The number of halogens is 2. The summed E-state index contributed by atoms with van der Waals surface area (Å²) in [6, 6.07) is 8.12. The molecule has 0 saturated heterocycles. The molecule has 1 aliphatic rings. The number of carbonyl (C=O) groups is 1. The third kappa shape index (κ3) is 2.87. The van der Waals surface area contributed by atoms with Crippen LogP contribution >= 0.6 is 31.9 Å². The minimum Gasteiger partial charge on any atom is -0.312 e. The zero-order valence-electron chi connectivity index (χ0n) is 11.7. The van der Waals surface area contributed by atoms with Gasteiger partial charge in [0.2, 0.25) is 5.91 Å². The van der Waals surface area contributed by atoms with Crippen LogP contribution in [0.5, 0.6) is 0 Å². The molecule has 21 heavy (non-hydrogen) atoms.